The van der Waals surface area contributed by atoms with Crippen LogP contribution in [0.15, 0.2) is 24.3 Å². The summed E-state index contributed by atoms with van der Waals surface area (Å²) in [7, 11) is 2.16. The number of likely N-dealkylation sites (N-methyl/N-ethyl adjacent to an activating group) is 1. The first-order valence-electron chi connectivity index (χ1n) is 8.33. The van der Waals surface area contributed by atoms with E-state index in [0.717, 1.165) is 37.0 Å². The molecule has 1 fully saturated rings. The Morgan fingerprint density at radius 1 is 1.04 bits per heavy atom. The lowest BCUT2D eigenvalue weighted by Crippen LogP contribution is -2.47. The van der Waals surface area contributed by atoms with Gasteiger partial charge in [-0.2, -0.15) is 0 Å². The standard InChI is InChI=1S/C17H25ClN6/c1-17(2,3)24-16(19-20-21-24)15(13-5-7-14(18)8-6-13)23-11-9-22(4)10-12-23/h5-8,15H,9-12H2,1-4H3/t15-/m0/s1. The molecule has 0 N–H and O–H groups in total. The number of halogens is 1. The van der Waals surface area contributed by atoms with Gasteiger partial charge in [-0.05, 0) is 55.9 Å². The SMILES string of the molecule is CN1CCN([C@@H](c2ccc(Cl)cc2)c2nnnn2C(C)(C)C)CC1. The minimum Gasteiger partial charge on any atom is -0.304 e. The summed E-state index contributed by atoms with van der Waals surface area (Å²) in [6.07, 6.45) is 0. The zero-order chi connectivity index (χ0) is 17.3. The van der Waals surface area contributed by atoms with Crippen molar-refractivity contribution in [3.63, 3.8) is 0 Å². The normalized spacial score (nSPS) is 18.7. The molecule has 0 bridgehead atoms. The van der Waals surface area contributed by atoms with Crippen molar-refractivity contribution in [1.82, 2.24) is 30.0 Å². The summed E-state index contributed by atoms with van der Waals surface area (Å²) in [5, 5.41) is 13.3. The number of aromatic nitrogens is 4. The smallest absolute Gasteiger partial charge is 0.173 e. The van der Waals surface area contributed by atoms with Crippen molar-refractivity contribution in [2.24, 2.45) is 0 Å². The molecule has 1 saturated heterocycles. The van der Waals surface area contributed by atoms with Gasteiger partial charge in [-0.25, -0.2) is 4.68 Å². The molecule has 7 heteroatoms. The molecule has 6 nitrogen and oxygen atoms in total. The van der Waals surface area contributed by atoms with E-state index in [9.17, 15) is 0 Å². The van der Waals surface area contributed by atoms with Crippen molar-refractivity contribution in [2.45, 2.75) is 32.4 Å². The first kappa shape index (κ1) is 17.3. The fourth-order valence-corrected chi connectivity index (χ4v) is 3.22. The van der Waals surface area contributed by atoms with Gasteiger partial charge in [0.1, 0.15) is 0 Å². The van der Waals surface area contributed by atoms with Crippen LogP contribution in [-0.4, -0.2) is 63.2 Å². The molecular formula is C17H25ClN6. The molecular weight excluding hydrogens is 324 g/mol. The van der Waals surface area contributed by atoms with E-state index in [1.807, 2.05) is 16.8 Å². The van der Waals surface area contributed by atoms with E-state index in [0.29, 0.717) is 0 Å². The Morgan fingerprint density at radius 2 is 1.67 bits per heavy atom. The van der Waals surface area contributed by atoms with Gasteiger partial charge in [0.05, 0.1) is 11.6 Å². The van der Waals surface area contributed by atoms with E-state index in [4.69, 9.17) is 11.6 Å². The van der Waals surface area contributed by atoms with Crippen LogP contribution in [0, 0.1) is 0 Å². The van der Waals surface area contributed by atoms with Crippen LogP contribution in [0.4, 0.5) is 0 Å². The van der Waals surface area contributed by atoms with Crippen LogP contribution in [-0.2, 0) is 5.54 Å². The van der Waals surface area contributed by atoms with Gasteiger partial charge in [-0.1, -0.05) is 23.7 Å². The number of benzene rings is 1. The molecule has 2 heterocycles. The van der Waals surface area contributed by atoms with Crippen LogP contribution in [0.2, 0.25) is 5.02 Å². The van der Waals surface area contributed by atoms with Gasteiger partial charge >= 0.3 is 0 Å². The number of nitrogens with zero attached hydrogens (tertiary/aromatic N) is 6. The van der Waals surface area contributed by atoms with E-state index in [1.54, 1.807) is 0 Å². The molecule has 1 aromatic heterocycles. The third-order valence-electron chi connectivity index (χ3n) is 4.46. The van der Waals surface area contributed by atoms with Crippen molar-refractivity contribution in [1.29, 1.82) is 0 Å². The minimum absolute atomic E-state index is 0.0326. The fraction of sp³-hybridized carbons (Fsp3) is 0.588. The van der Waals surface area contributed by atoms with Gasteiger partial charge < -0.3 is 4.90 Å². The van der Waals surface area contributed by atoms with Crippen LogP contribution >= 0.6 is 11.6 Å². The second kappa shape index (κ2) is 6.78. The molecule has 0 saturated carbocycles. The molecule has 0 unspecified atom stereocenters. The Balaban J connectivity index is 2.02. The fourth-order valence-electron chi connectivity index (χ4n) is 3.09. The monoisotopic (exact) mass is 348 g/mol. The highest BCUT2D eigenvalue weighted by atomic mass is 35.5. The second-order valence-corrected chi connectivity index (χ2v) is 7.85. The third kappa shape index (κ3) is 3.61. The van der Waals surface area contributed by atoms with Crippen molar-refractivity contribution in [3.05, 3.63) is 40.7 Å². The minimum atomic E-state index is -0.171. The average Bonchev–Trinajstić information content (AvgIpc) is 3.01. The predicted molar refractivity (Wildman–Crippen MR) is 95.2 cm³/mol. The van der Waals surface area contributed by atoms with Crippen LogP contribution in [0.3, 0.4) is 0 Å². The van der Waals surface area contributed by atoms with E-state index < -0.39 is 0 Å². The third-order valence-corrected chi connectivity index (χ3v) is 4.71. The molecule has 1 aromatic carbocycles. The lowest BCUT2D eigenvalue weighted by Gasteiger charge is -2.38. The first-order chi connectivity index (χ1) is 11.4. The van der Waals surface area contributed by atoms with E-state index in [-0.39, 0.29) is 11.6 Å². The Labute approximate surface area is 148 Å². The molecule has 3 rings (SSSR count). The quantitative estimate of drug-likeness (QED) is 0.852. The van der Waals surface area contributed by atoms with Gasteiger partial charge in [0.2, 0.25) is 0 Å². The van der Waals surface area contributed by atoms with Crippen LogP contribution < -0.4 is 0 Å². The summed E-state index contributed by atoms with van der Waals surface area (Å²) >= 11 is 6.08. The van der Waals surface area contributed by atoms with Crippen molar-refractivity contribution < 1.29 is 0 Å². The lowest BCUT2D eigenvalue weighted by atomic mass is 10.0. The van der Waals surface area contributed by atoms with Crippen molar-refractivity contribution in [2.75, 3.05) is 33.2 Å². The summed E-state index contributed by atoms with van der Waals surface area (Å²) in [4.78, 5) is 4.80. The Morgan fingerprint density at radius 3 is 2.25 bits per heavy atom. The highest BCUT2D eigenvalue weighted by Gasteiger charge is 2.32. The molecule has 0 radical (unpaired) electrons. The second-order valence-electron chi connectivity index (χ2n) is 7.41. The molecule has 130 valence electrons. The number of tetrazole rings is 1. The predicted octanol–water partition coefficient (Wildman–Crippen LogP) is 2.42. The lowest BCUT2D eigenvalue weighted by molar-refractivity contribution is 0.118. The molecule has 0 amide bonds. The van der Waals surface area contributed by atoms with Crippen LogP contribution in [0.5, 0.6) is 0 Å². The van der Waals surface area contributed by atoms with Crippen LogP contribution in [0.25, 0.3) is 0 Å². The first-order valence-corrected chi connectivity index (χ1v) is 8.71. The van der Waals surface area contributed by atoms with Crippen LogP contribution in [0.1, 0.15) is 38.2 Å². The number of rotatable bonds is 3. The number of hydrogen-bond acceptors (Lipinski definition) is 5. The highest BCUT2D eigenvalue weighted by Crippen LogP contribution is 2.30. The Bertz CT molecular complexity index is 667. The van der Waals surface area contributed by atoms with Crippen molar-refractivity contribution in [3.8, 4) is 0 Å². The summed E-state index contributed by atoms with van der Waals surface area (Å²) in [5.41, 5.74) is 1.00. The largest absolute Gasteiger partial charge is 0.304 e. The maximum absolute atomic E-state index is 6.08. The van der Waals surface area contributed by atoms with Gasteiger partial charge in [-0.3, -0.25) is 4.90 Å². The van der Waals surface area contributed by atoms with E-state index in [1.165, 1.54) is 5.56 Å². The van der Waals surface area contributed by atoms with Gasteiger partial charge in [0.15, 0.2) is 5.82 Å². The van der Waals surface area contributed by atoms with Gasteiger partial charge in [0.25, 0.3) is 0 Å². The van der Waals surface area contributed by atoms with Crippen molar-refractivity contribution >= 4 is 11.6 Å². The molecule has 1 aliphatic heterocycles. The topological polar surface area (TPSA) is 50.1 Å². The summed E-state index contributed by atoms with van der Waals surface area (Å²) < 4.78 is 1.94. The van der Waals surface area contributed by atoms with Gasteiger partial charge in [0, 0.05) is 31.2 Å². The molecule has 0 aliphatic carbocycles. The molecule has 1 atom stereocenters. The highest BCUT2D eigenvalue weighted by molar-refractivity contribution is 6.30. The zero-order valence-corrected chi connectivity index (χ0v) is 15.5. The molecule has 2 aromatic rings. The average molecular weight is 349 g/mol. The zero-order valence-electron chi connectivity index (χ0n) is 14.8. The molecule has 0 spiro atoms. The Kier molecular flexibility index (Phi) is 4.90. The summed E-state index contributed by atoms with van der Waals surface area (Å²) in [6, 6.07) is 8.06. The van der Waals surface area contributed by atoms with E-state index in [2.05, 4.69) is 65.3 Å². The summed E-state index contributed by atoms with van der Waals surface area (Å²) in [5.74, 6) is 0.884. The maximum Gasteiger partial charge on any atom is 0.173 e. The summed E-state index contributed by atoms with van der Waals surface area (Å²) in [6.45, 7) is 10.4. The van der Waals surface area contributed by atoms with E-state index >= 15 is 0 Å². The Hall–Kier alpha value is -1.50. The maximum atomic E-state index is 6.08. The molecule has 1 aliphatic rings. The van der Waals surface area contributed by atoms with Gasteiger partial charge in [-0.15, -0.1) is 5.10 Å². The molecule has 24 heavy (non-hydrogen) atoms. The number of hydrogen-bond donors (Lipinski definition) is 0. The number of piperazine rings is 1.